The summed E-state index contributed by atoms with van der Waals surface area (Å²) in [5.41, 5.74) is 3.47. The molecule has 0 radical (unpaired) electrons. The van der Waals surface area contributed by atoms with Crippen LogP contribution in [0.1, 0.15) is 37.8 Å². The van der Waals surface area contributed by atoms with Crippen molar-refractivity contribution in [3.8, 4) is 0 Å². The summed E-state index contributed by atoms with van der Waals surface area (Å²) in [5.74, 6) is -0.188. The van der Waals surface area contributed by atoms with E-state index in [1.165, 1.54) is 11.6 Å². The van der Waals surface area contributed by atoms with E-state index in [-0.39, 0.29) is 17.3 Å². The highest BCUT2D eigenvalue weighted by Gasteiger charge is 2.27. The van der Waals surface area contributed by atoms with Crippen LogP contribution in [0.25, 0.3) is 0 Å². The Morgan fingerprint density at radius 2 is 2.11 bits per heavy atom. The Morgan fingerprint density at radius 1 is 1.39 bits per heavy atom. The number of aliphatic hydroxyl groups excluding tert-OH is 1. The number of aliphatic hydroxyl groups is 1. The number of hydrogen-bond donors (Lipinski definition) is 1. The topological polar surface area (TPSA) is 20.2 Å². The molecular formula is C16H21FO. The summed E-state index contributed by atoms with van der Waals surface area (Å²) >= 11 is 0. The molecule has 0 aromatic heterocycles. The third-order valence-corrected chi connectivity index (χ3v) is 3.62. The maximum Gasteiger partial charge on any atom is 0.123 e. The molecule has 0 spiro atoms. The second-order valence-corrected chi connectivity index (χ2v) is 6.18. The first-order chi connectivity index (χ1) is 8.35. The van der Waals surface area contributed by atoms with Gasteiger partial charge in [0.1, 0.15) is 5.82 Å². The van der Waals surface area contributed by atoms with Gasteiger partial charge >= 0.3 is 0 Å². The van der Waals surface area contributed by atoms with Crippen LogP contribution in [0.2, 0.25) is 0 Å². The third kappa shape index (κ3) is 3.20. The van der Waals surface area contributed by atoms with Gasteiger partial charge in [0.15, 0.2) is 0 Å². The van der Waals surface area contributed by atoms with Crippen LogP contribution in [-0.2, 0) is 6.42 Å². The molecule has 1 nitrogen and oxygen atoms in total. The van der Waals surface area contributed by atoms with Crippen LogP contribution in [0.15, 0.2) is 29.8 Å². The van der Waals surface area contributed by atoms with E-state index in [0.29, 0.717) is 0 Å². The zero-order valence-corrected chi connectivity index (χ0v) is 11.3. The van der Waals surface area contributed by atoms with Gasteiger partial charge in [-0.3, -0.25) is 0 Å². The maximum atomic E-state index is 13.3. The lowest BCUT2D eigenvalue weighted by molar-refractivity contribution is 0.138. The molecule has 2 heteroatoms. The zero-order valence-electron chi connectivity index (χ0n) is 11.3. The summed E-state index contributed by atoms with van der Waals surface area (Å²) < 4.78 is 13.3. The molecule has 1 aliphatic carbocycles. The number of hydrogen-bond acceptors (Lipinski definition) is 1. The molecule has 1 aromatic carbocycles. The summed E-state index contributed by atoms with van der Waals surface area (Å²) in [4.78, 5) is 0. The summed E-state index contributed by atoms with van der Waals surface area (Å²) in [7, 11) is 0. The van der Waals surface area contributed by atoms with E-state index in [1.54, 1.807) is 6.07 Å². The van der Waals surface area contributed by atoms with Crippen molar-refractivity contribution in [3.05, 3.63) is 46.8 Å². The van der Waals surface area contributed by atoms with Crippen molar-refractivity contribution >= 4 is 0 Å². The molecule has 0 aliphatic heterocycles. The molecule has 1 unspecified atom stereocenters. The van der Waals surface area contributed by atoms with E-state index >= 15 is 0 Å². The highest BCUT2D eigenvalue weighted by molar-refractivity contribution is 5.31. The van der Waals surface area contributed by atoms with Gasteiger partial charge in [0.25, 0.3) is 0 Å². The molecule has 98 valence electrons. The lowest BCUT2D eigenvalue weighted by Gasteiger charge is -2.32. The second-order valence-electron chi connectivity index (χ2n) is 6.18. The van der Waals surface area contributed by atoms with Crippen LogP contribution in [-0.4, -0.2) is 11.2 Å². The van der Waals surface area contributed by atoms with Crippen molar-refractivity contribution in [3.63, 3.8) is 0 Å². The lowest BCUT2D eigenvalue weighted by Crippen LogP contribution is -2.25. The molecule has 2 rings (SSSR count). The van der Waals surface area contributed by atoms with Crippen LogP contribution in [0.4, 0.5) is 4.39 Å². The molecule has 0 heterocycles. The van der Waals surface area contributed by atoms with Crippen molar-refractivity contribution in [1.29, 1.82) is 0 Å². The predicted octanol–water partition coefficient (Wildman–Crippen LogP) is 3.78. The molecular weight excluding hydrogens is 227 g/mol. The molecule has 1 N–H and O–H groups in total. The first kappa shape index (κ1) is 13.3. The Balaban J connectivity index is 2.21. The molecule has 0 saturated carbocycles. The molecule has 1 aromatic rings. The van der Waals surface area contributed by atoms with Gasteiger partial charge in [-0.15, -0.1) is 0 Å². The molecule has 0 saturated heterocycles. The normalized spacial score (nSPS) is 22.7. The minimum absolute atomic E-state index is 0.130. The Morgan fingerprint density at radius 3 is 2.78 bits per heavy atom. The monoisotopic (exact) mass is 248 g/mol. The van der Waals surface area contributed by atoms with Gasteiger partial charge in [0.05, 0.1) is 6.10 Å². The van der Waals surface area contributed by atoms with E-state index < -0.39 is 0 Å². The van der Waals surface area contributed by atoms with Crippen LogP contribution in [0.5, 0.6) is 0 Å². The van der Waals surface area contributed by atoms with E-state index in [0.717, 1.165) is 30.4 Å². The number of rotatable bonds is 2. The average Bonchev–Trinajstić information content (AvgIpc) is 2.20. The quantitative estimate of drug-likeness (QED) is 0.790. The maximum absolute atomic E-state index is 13.3. The van der Waals surface area contributed by atoms with Crippen molar-refractivity contribution in [2.24, 2.45) is 5.41 Å². The van der Waals surface area contributed by atoms with Crippen LogP contribution in [0.3, 0.4) is 0 Å². The first-order valence-electron chi connectivity index (χ1n) is 6.48. The Hall–Kier alpha value is -1.15. The highest BCUT2D eigenvalue weighted by Crippen LogP contribution is 2.36. The van der Waals surface area contributed by atoms with Crippen molar-refractivity contribution in [1.82, 2.24) is 0 Å². The van der Waals surface area contributed by atoms with Crippen molar-refractivity contribution < 1.29 is 9.50 Å². The van der Waals surface area contributed by atoms with Gasteiger partial charge in [-0.1, -0.05) is 31.6 Å². The second kappa shape index (κ2) is 4.85. The summed E-state index contributed by atoms with van der Waals surface area (Å²) in [6, 6.07) is 4.91. The molecule has 0 fully saturated rings. The molecule has 18 heavy (non-hydrogen) atoms. The van der Waals surface area contributed by atoms with Gasteiger partial charge in [-0.25, -0.2) is 4.39 Å². The summed E-state index contributed by atoms with van der Waals surface area (Å²) in [5, 5.41) is 9.87. The first-order valence-corrected chi connectivity index (χ1v) is 6.48. The SMILES string of the molecule is Cc1ccc(F)cc1CC1=CC(O)CC(C)(C)C1. The Kier molecular flexibility index (Phi) is 3.58. The average molecular weight is 248 g/mol. The fraction of sp³-hybridized carbons (Fsp3) is 0.500. The molecule has 1 atom stereocenters. The summed E-state index contributed by atoms with van der Waals surface area (Å²) in [6.07, 6.45) is 4.09. The van der Waals surface area contributed by atoms with Gasteiger partial charge in [0, 0.05) is 0 Å². The molecule has 1 aliphatic rings. The Labute approximate surface area is 108 Å². The fourth-order valence-electron chi connectivity index (χ4n) is 2.84. The Bertz CT molecular complexity index is 474. The van der Waals surface area contributed by atoms with Gasteiger partial charge < -0.3 is 5.11 Å². The van der Waals surface area contributed by atoms with E-state index in [4.69, 9.17) is 0 Å². The largest absolute Gasteiger partial charge is 0.389 e. The minimum atomic E-state index is -0.363. The number of aryl methyl sites for hydroxylation is 1. The molecule has 0 amide bonds. The minimum Gasteiger partial charge on any atom is -0.389 e. The van der Waals surface area contributed by atoms with Gasteiger partial charge in [0.2, 0.25) is 0 Å². The van der Waals surface area contributed by atoms with Crippen LogP contribution in [0, 0.1) is 18.2 Å². The standard InChI is InChI=1S/C16H21FO/c1-11-4-5-14(17)8-13(11)6-12-7-15(18)10-16(2,3)9-12/h4-5,7-8,15,18H,6,9-10H2,1-3H3. The van der Waals surface area contributed by atoms with E-state index in [2.05, 4.69) is 13.8 Å². The zero-order chi connectivity index (χ0) is 13.3. The lowest BCUT2D eigenvalue weighted by atomic mass is 9.75. The summed E-state index contributed by atoms with van der Waals surface area (Å²) in [6.45, 7) is 6.34. The van der Waals surface area contributed by atoms with Gasteiger partial charge in [-0.2, -0.15) is 0 Å². The smallest absolute Gasteiger partial charge is 0.123 e. The van der Waals surface area contributed by atoms with Crippen molar-refractivity contribution in [2.75, 3.05) is 0 Å². The predicted molar refractivity (Wildman–Crippen MR) is 71.9 cm³/mol. The number of allylic oxidation sites excluding steroid dienone is 1. The van der Waals surface area contributed by atoms with Gasteiger partial charge in [-0.05, 0) is 54.9 Å². The number of halogens is 1. The van der Waals surface area contributed by atoms with E-state index in [9.17, 15) is 9.50 Å². The number of benzene rings is 1. The molecule has 0 bridgehead atoms. The van der Waals surface area contributed by atoms with Crippen LogP contribution < -0.4 is 0 Å². The van der Waals surface area contributed by atoms with E-state index in [1.807, 2.05) is 19.1 Å². The fourth-order valence-corrected chi connectivity index (χ4v) is 2.84. The highest BCUT2D eigenvalue weighted by atomic mass is 19.1. The third-order valence-electron chi connectivity index (χ3n) is 3.62. The van der Waals surface area contributed by atoms with Crippen LogP contribution >= 0.6 is 0 Å². The van der Waals surface area contributed by atoms with Crippen molar-refractivity contribution in [2.45, 2.75) is 46.1 Å².